The van der Waals surface area contributed by atoms with Gasteiger partial charge < -0.3 is 9.72 Å². The van der Waals surface area contributed by atoms with E-state index in [1.54, 1.807) is 25.3 Å². The van der Waals surface area contributed by atoms with E-state index in [1.807, 2.05) is 0 Å². The van der Waals surface area contributed by atoms with Crippen molar-refractivity contribution >= 4 is 22.4 Å². The highest BCUT2D eigenvalue weighted by molar-refractivity contribution is 6.31. The maximum absolute atomic E-state index is 11.4. The fraction of sp³-hybridized carbons (Fsp3) is 0.100. The van der Waals surface area contributed by atoms with Crippen LogP contribution in [0.15, 0.2) is 29.2 Å². The van der Waals surface area contributed by atoms with Gasteiger partial charge in [0.05, 0.1) is 12.5 Å². The van der Waals surface area contributed by atoms with Crippen LogP contribution in [0.25, 0.3) is 10.8 Å². The molecule has 0 atom stereocenters. The van der Waals surface area contributed by atoms with E-state index in [9.17, 15) is 4.79 Å². The molecule has 1 heterocycles. The molecular formula is C10H8ClNO2. The van der Waals surface area contributed by atoms with Crippen molar-refractivity contribution in [1.82, 2.24) is 4.98 Å². The van der Waals surface area contributed by atoms with E-state index in [-0.39, 0.29) is 5.56 Å². The standard InChI is InChI=1S/C10H8ClNO2/c1-14-9-5-12-10(13)7-3-2-6(11)4-8(7)9/h2-5H,1H3,(H,12,13). The number of halogens is 1. The van der Waals surface area contributed by atoms with Crippen molar-refractivity contribution in [3.63, 3.8) is 0 Å². The third-order valence-corrected chi connectivity index (χ3v) is 2.28. The predicted octanol–water partition coefficient (Wildman–Crippen LogP) is 2.19. The van der Waals surface area contributed by atoms with Crippen molar-refractivity contribution in [3.05, 3.63) is 39.8 Å². The molecule has 72 valence electrons. The Morgan fingerprint density at radius 1 is 1.36 bits per heavy atom. The summed E-state index contributed by atoms with van der Waals surface area (Å²) in [5.41, 5.74) is -0.141. The van der Waals surface area contributed by atoms with Crippen LogP contribution in [0.4, 0.5) is 0 Å². The molecule has 4 heteroatoms. The summed E-state index contributed by atoms with van der Waals surface area (Å²) in [7, 11) is 1.55. The third kappa shape index (κ3) is 1.36. The lowest BCUT2D eigenvalue weighted by Crippen LogP contribution is -2.05. The van der Waals surface area contributed by atoms with Gasteiger partial charge in [-0.15, -0.1) is 0 Å². The maximum Gasteiger partial charge on any atom is 0.256 e. The summed E-state index contributed by atoms with van der Waals surface area (Å²) in [6.07, 6.45) is 1.53. The zero-order valence-electron chi connectivity index (χ0n) is 7.50. The first-order valence-corrected chi connectivity index (χ1v) is 4.45. The number of methoxy groups -OCH3 is 1. The van der Waals surface area contributed by atoms with Gasteiger partial charge in [-0.1, -0.05) is 11.6 Å². The van der Waals surface area contributed by atoms with E-state index in [1.165, 1.54) is 6.20 Å². The number of hydrogen-bond donors (Lipinski definition) is 1. The highest BCUT2D eigenvalue weighted by Gasteiger charge is 2.04. The highest BCUT2D eigenvalue weighted by Crippen LogP contribution is 2.24. The van der Waals surface area contributed by atoms with Crippen molar-refractivity contribution in [1.29, 1.82) is 0 Å². The summed E-state index contributed by atoms with van der Waals surface area (Å²) in [4.78, 5) is 14.0. The van der Waals surface area contributed by atoms with Gasteiger partial charge in [0.15, 0.2) is 0 Å². The number of aromatic amines is 1. The van der Waals surface area contributed by atoms with Gasteiger partial charge >= 0.3 is 0 Å². The summed E-state index contributed by atoms with van der Waals surface area (Å²) < 4.78 is 5.11. The second-order valence-corrected chi connectivity index (χ2v) is 3.31. The lowest BCUT2D eigenvalue weighted by atomic mass is 10.1. The number of nitrogens with one attached hydrogen (secondary N) is 1. The van der Waals surface area contributed by atoms with Crippen LogP contribution in [0.2, 0.25) is 5.02 Å². The molecule has 0 aliphatic carbocycles. The average Bonchev–Trinajstić information content (AvgIpc) is 2.18. The number of H-pyrrole nitrogens is 1. The average molecular weight is 210 g/mol. The number of hydrogen-bond acceptors (Lipinski definition) is 2. The Morgan fingerprint density at radius 3 is 2.86 bits per heavy atom. The van der Waals surface area contributed by atoms with Crippen molar-refractivity contribution in [2.24, 2.45) is 0 Å². The SMILES string of the molecule is COc1c[nH]c(=O)c2ccc(Cl)cc12. The number of aromatic nitrogens is 1. The van der Waals surface area contributed by atoms with Crippen LogP contribution < -0.4 is 10.3 Å². The molecule has 2 aromatic rings. The van der Waals surface area contributed by atoms with Crippen LogP contribution in [0.3, 0.4) is 0 Å². The molecule has 3 nitrogen and oxygen atoms in total. The van der Waals surface area contributed by atoms with Gasteiger partial charge in [-0.25, -0.2) is 0 Å². The molecule has 0 saturated carbocycles. The molecule has 1 aromatic heterocycles. The molecule has 0 saturated heterocycles. The fourth-order valence-electron chi connectivity index (χ4n) is 1.37. The monoisotopic (exact) mass is 209 g/mol. The second kappa shape index (κ2) is 3.35. The van der Waals surface area contributed by atoms with Crippen molar-refractivity contribution < 1.29 is 4.74 Å². The highest BCUT2D eigenvalue weighted by atomic mass is 35.5. The lowest BCUT2D eigenvalue weighted by Gasteiger charge is -2.04. The molecule has 0 fully saturated rings. The van der Waals surface area contributed by atoms with Crippen molar-refractivity contribution in [3.8, 4) is 5.75 Å². The van der Waals surface area contributed by atoms with Crippen LogP contribution in [-0.2, 0) is 0 Å². The molecule has 0 spiro atoms. The maximum atomic E-state index is 11.4. The van der Waals surface area contributed by atoms with Crippen LogP contribution >= 0.6 is 11.6 Å². The minimum atomic E-state index is -0.141. The first-order valence-electron chi connectivity index (χ1n) is 4.07. The largest absolute Gasteiger partial charge is 0.495 e. The van der Waals surface area contributed by atoms with Crippen molar-refractivity contribution in [2.75, 3.05) is 7.11 Å². The third-order valence-electron chi connectivity index (χ3n) is 2.05. The van der Waals surface area contributed by atoms with Crippen molar-refractivity contribution in [2.45, 2.75) is 0 Å². The Balaban J connectivity index is 2.92. The topological polar surface area (TPSA) is 42.1 Å². The molecule has 14 heavy (non-hydrogen) atoms. The molecule has 0 bridgehead atoms. The quantitative estimate of drug-likeness (QED) is 0.782. The summed E-state index contributed by atoms with van der Waals surface area (Å²) in [6.45, 7) is 0. The number of benzene rings is 1. The Morgan fingerprint density at radius 2 is 2.14 bits per heavy atom. The van der Waals surface area contributed by atoms with Gasteiger partial charge in [0.25, 0.3) is 5.56 Å². The van der Waals surface area contributed by atoms with Crippen LogP contribution in [0.5, 0.6) is 5.75 Å². The van der Waals surface area contributed by atoms with Crippen LogP contribution in [-0.4, -0.2) is 12.1 Å². The molecule has 1 aromatic carbocycles. The Bertz CT molecular complexity index is 533. The number of fused-ring (bicyclic) bond motifs is 1. The molecule has 0 radical (unpaired) electrons. The second-order valence-electron chi connectivity index (χ2n) is 2.88. The molecule has 0 aliphatic rings. The lowest BCUT2D eigenvalue weighted by molar-refractivity contribution is 0.418. The Kier molecular flexibility index (Phi) is 2.17. The summed E-state index contributed by atoms with van der Waals surface area (Å²) in [5, 5.41) is 1.89. The molecule has 1 N–H and O–H groups in total. The molecule has 0 unspecified atom stereocenters. The number of pyridine rings is 1. The van der Waals surface area contributed by atoms with Crippen LogP contribution in [0, 0.1) is 0 Å². The van der Waals surface area contributed by atoms with E-state index in [0.29, 0.717) is 16.2 Å². The molecule has 2 rings (SSSR count). The van der Waals surface area contributed by atoms with E-state index >= 15 is 0 Å². The number of ether oxygens (including phenoxy) is 1. The predicted molar refractivity (Wildman–Crippen MR) is 56.1 cm³/mol. The minimum Gasteiger partial charge on any atom is -0.495 e. The molecule has 0 aliphatic heterocycles. The smallest absolute Gasteiger partial charge is 0.256 e. The van der Waals surface area contributed by atoms with E-state index < -0.39 is 0 Å². The summed E-state index contributed by atoms with van der Waals surface area (Å²) in [5.74, 6) is 0.613. The normalized spacial score (nSPS) is 10.4. The van der Waals surface area contributed by atoms with Gasteiger partial charge in [-0.2, -0.15) is 0 Å². The minimum absolute atomic E-state index is 0.141. The first-order chi connectivity index (χ1) is 6.72. The summed E-state index contributed by atoms with van der Waals surface area (Å²) in [6, 6.07) is 5.07. The van der Waals surface area contributed by atoms with Gasteiger partial charge in [0, 0.05) is 16.6 Å². The number of rotatable bonds is 1. The van der Waals surface area contributed by atoms with E-state index in [2.05, 4.69) is 4.98 Å². The van der Waals surface area contributed by atoms with Gasteiger partial charge in [-0.05, 0) is 18.2 Å². The van der Waals surface area contributed by atoms with Crippen LogP contribution in [0.1, 0.15) is 0 Å². The Hall–Kier alpha value is -1.48. The zero-order chi connectivity index (χ0) is 10.1. The first kappa shape index (κ1) is 9.09. The fourth-order valence-corrected chi connectivity index (χ4v) is 1.55. The Labute approximate surface area is 85.3 Å². The zero-order valence-corrected chi connectivity index (χ0v) is 8.26. The van der Waals surface area contributed by atoms with Gasteiger partial charge in [0.1, 0.15) is 5.75 Å². The van der Waals surface area contributed by atoms with Gasteiger partial charge in [0.2, 0.25) is 0 Å². The van der Waals surface area contributed by atoms with E-state index in [4.69, 9.17) is 16.3 Å². The summed E-state index contributed by atoms with van der Waals surface area (Å²) >= 11 is 5.83. The molecular weight excluding hydrogens is 202 g/mol. The molecule has 0 amide bonds. The van der Waals surface area contributed by atoms with Gasteiger partial charge in [-0.3, -0.25) is 4.79 Å². The van der Waals surface area contributed by atoms with E-state index in [0.717, 1.165) is 5.39 Å².